The van der Waals surface area contributed by atoms with Gasteiger partial charge >= 0.3 is 6.03 Å². The van der Waals surface area contributed by atoms with E-state index in [1.54, 1.807) is 42.0 Å². The van der Waals surface area contributed by atoms with Crippen LogP contribution in [-0.2, 0) is 9.59 Å². The summed E-state index contributed by atoms with van der Waals surface area (Å²) >= 11 is 0. The van der Waals surface area contributed by atoms with E-state index in [-0.39, 0.29) is 36.6 Å². The van der Waals surface area contributed by atoms with Crippen molar-refractivity contribution in [2.75, 3.05) is 32.1 Å². The fraction of sp³-hybridized carbons (Fsp3) is 0.480. The van der Waals surface area contributed by atoms with Crippen molar-refractivity contribution in [3.05, 3.63) is 42.0 Å². The number of hydrogen-bond acceptors (Lipinski definition) is 6. The van der Waals surface area contributed by atoms with Gasteiger partial charge in [-0.05, 0) is 50.8 Å². The van der Waals surface area contributed by atoms with Crippen molar-refractivity contribution in [3.8, 4) is 11.1 Å². The Morgan fingerprint density at radius 3 is 2.54 bits per heavy atom. The van der Waals surface area contributed by atoms with Gasteiger partial charge in [0.25, 0.3) is 5.91 Å². The van der Waals surface area contributed by atoms with Gasteiger partial charge < -0.3 is 15.1 Å². The minimum absolute atomic E-state index is 0.0215. The molecule has 10 heteroatoms. The summed E-state index contributed by atoms with van der Waals surface area (Å²) in [4.78, 5) is 52.1. The summed E-state index contributed by atoms with van der Waals surface area (Å²) in [6, 6.07) is 5.37. The van der Waals surface area contributed by atoms with Crippen LogP contribution in [0.5, 0.6) is 0 Å². The average molecular weight is 483 g/mol. The zero-order valence-electron chi connectivity index (χ0n) is 20.5. The van der Waals surface area contributed by atoms with Gasteiger partial charge in [0.05, 0.1) is 11.7 Å². The number of imide groups is 1. The lowest BCUT2D eigenvalue weighted by atomic mass is 9.93. The Kier molecular flexibility index (Phi) is 6.73. The standard InChI is InChI=1S/C25H31FN6O3/c1-25(2)22(34)32(24(35)29-25)14-12-20(33)31-13-6-5-7-19(31)21-18(15-27-23(28-21)30(3)4)16-8-10-17(26)11-9-16/h8-11,15,19H,5-7,12-14H2,1-4H3,(H,29,35). The molecule has 1 aromatic carbocycles. The SMILES string of the molecule is CN(C)c1ncc(-c2ccc(F)cc2)c(C2CCCCN2C(=O)CCN2C(=O)NC(C)(C)C2=O)n1. The van der Waals surface area contributed by atoms with Crippen LogP contribution in [0.1, 0.15) is 51.3 Å². The maximum absolute atomic E-state index is 13.6. The van der Waals surface area contributed by atoms with Crippen molar-refractivity contribution < 1.29 is 18.8 Å². The number of rotatable bonds is 6. The molecule has 2 fully saturated rings. The second-order valence-corrected chi connectivity index (χ2v) is 9.73. The summed E-state index contributed by atoms with van der Waals surface area (Å²) in [6.07, 6.45) is 4.26. The lowest BCUT2D eigenvalue weighted by Crippen LogP contribution is -2.42. The molecule has 1 atom stereocenters. The molecule has 9 nitrogen and oxygen atoms in total. The number of nitrogens with one attached hydrogen (secondary N) is 1. The molecule has 2 saturated heterocycles. The predicted molar refractivity (Wildman–Crippen MR) is 129 cm³/mol. The number of halogens is 1. The van der Waals surface area contributed by atoms with E-state index in [0.717, 1.165) is 35.3 Å². The summed E-state index contributed by atoms with van der Waals surface area (Å²) in [7, 11) is 3.69. The number of carbonyl (C=O) groups excluding carboxylic acids is 3. The first kappa shape index (κ1) is 24.6. The molecule has 2 aliphatic rings. The number of likely N-dealkylation sites (tertiary alicyclic amines) is 1. The Bertz CT molecular complexity index is 1130. The maximum atomic E-state index is 13.6. The number of benzene rings is 1. The van der Waals surface area contributed by atoms with Crippen LogP contribution in [0.15, 0.2) is 30.5 Å². The van der Waals surface area contributed by atoms with Gasteiger partial charge in [-0.1, -0.05) is 12.1 Å². The second kappa shape index (κ2) is 9.59. The summed E-state index contributed by atoms with van der Waals surface area (Å²) in [5.41, 5.74) is 1.25. The molecule has 0 saturated carbocycles. The quantitative estimate of drug-likeness (QED) is 0.636. The number of piperidine rings is 1. The summed E-state index contributed by atoms with van der Waals surface area (Å²) in [6.45, 7) is 3.86. The highest BCUT2D eigenvalue weighted by Crippen LogP contribution is 2.37. The molecule has 4 rings (SSSR count). The van der Waals surface area contributed by atoms with Gasteiger partial charge in [-0.25, -0.2) is 19.2 Å². The first-order valence-corrected chi connectivity index (χ1v) is 11.8. The third-order valence-electron chi connectivity index (χ3n) is 6.49. The van der Waals surface area contributed by atoms with Crippen molar-refractivity contribution in [2.24, 2.45) is 0 Å². The summed E-state index contributed by atoms with van der Waals surface area (Å²) in [5.74, 6) is -0.296. The molecule has 35 heavy (non-hydrogen) atoms. The van der Waals surface area contributed by atoms with Crippen molar-refractivity contribution in [1.29, 1.82) is 0 Å². The van der Waals surface area contributed by atoms with E-state index in [1.165, 1.54) is 12.1 Å². The number of carbonyl (C=O) groups is 3. The highest BCUT2D eigenvalue weighted by molar-refractivity contribution is 6.06. The minimum Gasteiger partial charge on any atom is -0.347 e. The van der Waals surface area contributed by atoms with E-state index in [0.29, 0.717) is 18.2 Å². The molecule has 0 spiro atoms. The molecular formula is C25H31FN6O3. The van der Waals surface area contributed by atoms with Crippen molar-refractivity contribution in [1.82, 2.24) is 25.1 Å². The van der Waals surface area contributed by atoms with Crippen molar-refractivity contribution >= 4 is 23.8 Å². The predicted octanol–water partition coefficient (Wildman–Crippen LogP) is 3.12. The van der Waals surface area contributed by atoms with E-state index in [2.05, 4.69) is 10.3 Å². The van der Waals surface area contributed by atoms with Crippen molar-refractivity contribution in [2.45, 2.75) is 51.1 Å². The zero-order chi connectivity index (χ0) is 25.3. The lowest BCUT2D eigenvalue weighted by molar-refractivity contribution is -0.136. The molecular weight excluding hydrogens is 451 g/mol. The van der Waals surface area contributed by atoms with E-state index >= 15 is 0 Å². The summed E-state index contributed by atoms with van der Waals surface area (Å²) in [5, 5.41) is 2.64. The number of nitrogens with zero attached hydrogens (tertiary/aromatic N) is 5. The highest BCUT2D eigenvalue weighted by atomic mass is 19.1. The smallest absolute Gasteiger partial charge is 0.325 e. The largest absolute Gasteiger partial charge is 0.347 e. The van der Waals surface area contributed by atoms with Gasteiger partial charge in [-0.3, -0.25) is 14.5 Å². The van der Waals surface area contributed by atoms with E-state index in [4.69, 9.17) is 4.98 Å². The number of anilines is 1. The number of urea groups is 1. The van der Waals surface area contributed by atoms with Gasteiger partial charge in [0.1, 0.15) is 11.4 Å². The van der Waals surface area contributed by atoms with Gasteiger partial charge in [0.2, 0.25) is 11.9 Å². The van der Waals surface area contributed by atoms with Crippen LogP contribution in [0.3, 0.4) is 0 Å². The maximum Gasteiger partial charge on any atom is 0.325 e. The van der Waals surface area contributed by atoms with Crippen LogP contribution in [0.2, 0.25) is 0 Å². The molecule has 1 aromatic heterocycles. The molecule has 186 valence electrons. The minimum atomic E-state index is -0.971. The fourth-order valence-electron chi connectivity index (χ4n) is 4.59. The molecule has 4 amide bonds. The van der Waals surface area contributed by atoms with Crippen LogP contribution >= 0.6 is 0 Å². The van der Waals surface area contributed by atoms with Crippen LogP contribution in [0.4, 0.5) is 15.1 Å². The Hall–Kier alpha value is -3.56. The molecule has 2 aromatic rings. The van der Waals surface area contributed by atoms with Crippen molar-refractivity contribution in [3.63, 3.8) is 0 Å². The number of aromatic nitrogens is 2. The average Bonchev–Trinajstić information content (AvgIpc) is 3.03. The lowest BCUT2D eigenvalue weighted by Gasteiger charge is -2.37. The van der Waals surface area contributed by atoms with Gasteiger partial charge in [0, 0.05) is 45.4 Å². The van der Waals surface area contributed by atoms with Gasteiger partial charge in [0.15, 0.2) is 0 Å². The van der Waals surface area contributed by atoms with E-state index < -0.39 is 11.6 Å². The van der Waals surface area contributed by atoms with E-state index in [1.807, 2.05) is 14.1 Å². The summed E-state index contributed by atoms with van der Waals surface area (Å²) < 4.78 is 13.6. The van der Waals surface area contributed by atoms with Crippen LogP contribution in [0, 0.1) is 5.82 Å². The van der Waals surface area contributed by atoms with E-state index in [9.17, 15) is 18.8 Å². The Morgan fingerprint density at radius 2 is 1.91 bits per heavy atom. The highest BCUT2D eigenvalue weighted by Gasteiger charge is 2.44. The second-order valence-electron chi connectivity index (χ2n) is 9.73. The molecule has 1 N–H and O–H groups in total. The topological polar surface area (TPSA) is 98.7 Å². The first-order valence-electron chi connectivity index (χ1n) is 11.8. The molecule has 3 heterocycles. The molecule has 1 unspecified atom stereocenters. The third kappa shape index (κ3) is 4.96. The normalized spacial score (nSPS) is 19.6. The van der Waals surface area contributed by atoms with Gasteiger partial charge in [-0.15, -0.1) is 0 Å². The fourth-order valence-corrected chi connectivity index (χ4v) is 4.59. The number of amides is 4. The molecule has 2 aliphatic heterocycles. The monoisotopic (exact) mass is 482 g/mol. The van der Waals surface area contributed by atoms with Crippen LogP contribution in [0.25, 0.3) is 11.1 Å². The van der Waals surface area contributed by atoms with Gasteiger partial charge in [-0.2, -0.15) is 0 Å². The third-order valence-corrected chi connectivity index (χ3v) is 6.49. The Balaban J connectivity index is 1.62. The first-order chi connectivity index (χ1) is 16.6. The van der Waals surface area contributed by atoms with Crippen LogP contribution in [-0.4, -0.2) is 70.3 Å². The molecule has 0 bridgehead atoms. The number of hydrogen-bond donors (Lipinski definition) is 1. The van der Waals surface area contributed by atoms with Crippen LogP contribution < -0.4 is 10.2 Å². The molecule has 0 aliphatic carbocycles. The zero-order valence-corrected chi connectivity index (χ0v) is 20.5. The Morgan fingerprint density at radius 1 is 1.20 bits per heavy atom. The Labute approximate surface area is 204 Å². The molecule has 0 radical (unpaired) electrons.